The van der Waals surface area contributed by atoms with Gasteiger partial charge in [-0.3, -0.25) is 4.99 Å². The zero-order chi connectivity index (χ0) is 28.2. The Morgan fingerprint density at radius 3 is 2.05 bits per heavy atom. The third-order valence-corrected chi connectivity index (χ3v) is 6.51. The predicted octanol–water partition coefficient (Wildman–Crippen LogP) is 6.75. The number of hydrogen-bond acceptors (Lipinski definition) is 6. The average Bonchev–Trinajstić information content (AvgIpc) is 2.97. The lowest BCUT2D eigenvalue weighted by molar-refractivity contribution is -0.171. The van der Waals surface area contributed by atoms with Crippen molar-refractivity contribution in [2.75, 3.05) is 13.2 Å². The highest BCUT2D eigenvalue weighted by Gasteiger charge is 2.34. The van der Waals surface area contributed by atoms with Crippen LogP contribution in [0.1, 0.15) is 63.1 Å². The molecule has 3 unspecified atom stereocenters. The monoisotopic (exact) mass is 543 g/mol. The Morgan fingerprint density at radius 1 is 0.900 bits per heavy atom. The Bertz CT molecular complexity index is 1140. The molecule has 6 nitrogen and oxygen atoms in total. The maximum absolute atomic E-state index is 13.8. The zero-order valence-electron chi connectivity index (χ0n) is 23.8. The first-order valence-corrected chi connectivity index (χ1v) is 14.2. The molecule has 212 valence electrons. The lowest BCUT2D eigenvalue weighted by atomic mass is 10.0. The molecular weight excluding hydrogens is 502 g/mol. The quantitative estimate of drug-likeness (QED) is 0.187. The van der Waals surface area contributed by atoms with E-state index < -0.39 is 23.7 Å². The molecule has 0 aliphatic carbocycles. The van der Waals surface area contributed by atoms with Gasteiger partial charge in [0.1, 0.15) is 5.60 Å². The molecule has 1 aliphatic heterocycles. The summed E-state index contributed by atoms with van der Waals surface area (Å²) in [5.41, 5.74) is 2.87. The predicted molar refractivity (Wildman–Crippen MR) is 157 cm³/mol. The average molecular weight is 544 g/mol. The van der Waals surface area contributed by atoms with E-state index >= 15 is 0 Å². The van der Waals surface area contributed by atoms with Crippen LogP contribution in [0, 0.1) is 0 Å². The van der Waals surface area contributed by atoms with Crippen LogP contribution < -0.4 is 0 Å². The first-order valence-electron chi connectivity index (χ1n) is 14.2. The van der Waals surface area contributed by atoms with E-state index in [-0.39, 0.29) is 6.29 Å². The van der Waals surface area contributed by atoms with Crippen LogP contribution >= 0.6 is 0 Å². The second kappa shape index (κ2) is 14.9. The van der Waals surface area contributed by atoms with E-state index in [2.05, 4.69) is 0 Å². The summed E-state index contributed by atoms with van der Waals surface area (Å²) in [7, 11) is 0. The van der Waals surface area contributed by atoms with E-state index in [0.29, 0.717) is 32.0 Å². The molecule has 0 bridgehead atoms. The Balaban J connectivity index is 1.69. The number of benzene rings is 3. The van der Waals surface area contributed by atoms with Gasteiger partial charge in [0, 0.05) is 17.7 Å². The highest BCUT2D eigenvalue weighted by Crippen LogP contribution is 2.22. The van der Waals surface area contributed by atoms with Gasteiger partial charge in [0.05, 0.1) is 25.0 Å². The van der Waals surface area contributed by atoms with Gasteiger partial charge < -0.3 is 18.9 Å². The van der Waals surface area contributed by atoms with Crippen LogP contribution in [0.4, 0.5) is 0 Å². The number of aliphatic imine (C=N–C) groups is 1. The molecule has 4 rings (SSSR count). The van der Waals surface area contributed by atoms with Crippen LogP contribution in [-0.2, 0) is 30.3 Å². The molecule has 1 saturated heterocycles. The first kappa shape index (κ1) is 29.7. The van der Waals surface area contributed by atoms with Gasteiger partial charge in [-0.1, -0.05) is 91.0 Å². The second-order valence-electron chi connectivity index (χ2n) is 11.0. The van der Waals surface area contributed by atoms with Crippen molar-refractivity contribution in [1.29, 1.82) is 0 Å². The molecule has 3 aromatic carbocycles. The Kier molecular flexibility index (Phi) is 11.0. The molecular formula is C34H41NO5. The van der Waals surface area contributed by atoms with Crippen LogP contribution in [-0.4, -0.2) is 48.9 Å². The summed E-state index contributed by atoms with van der Waals surface area (Å²) in [4.78, 5) is 18.9. The van der Waals surface area contributed by atoms with E-state index in [9.17, 15) is 4.79 Å². The molecule has 3 atom stereocenters. The molecule has 0 saturated carbocycles. The van der Waals surface area contributed by atoms with E-state index in [1.54, 1.807) is 0 Å². The van der Waals surface area contributed by atoms with Crippen molar-refractivity contribution >= 4 is 11.7 Å². The summed E-state index contributed by atoms with van der Waals surface area (Å²) in [6.07, 6.45) is 2.66. The minimum atomic E-state index is -0.908. The molecule has 0 amide bonds. The van der Waals surface area contributed by atoms with Crippen LogP contribution in [0.2, 0.25) is 0 Å². The molecule has 1 fully saturated rings. The standard InChI is InChI=1S/C34H41NO5/c1-34(2,3)40-33(36)32(35-31(27-17-9-5-10-18-27)28-19-11-6-12-20-28)29(39-25-26-15-7-4-8-16-26)22-24-38-30-21-13-14-23-37-30/h4-12,15-20,29-30,32H,13-14,21-25H2,1-3H3. The molecule has 6 heteroatoms. The van der Waals surface area contributed by atoms with Crippen LogP contribution in [0.15, 0.2) is 96.0 Å². The van der Waals surface area contributed by atoms with Crippen molar-refractivity contribution in [1.82, 2.24) is 0 Å². The fraction of sp³-hybridized carbons (Fsp3) is 0.412. The van der Waals surface area contributed by atoms with Crippen molar-refractivity contribution < 1.29 is 23.7 Å². The van der Waals surface area contributed by atoms with Crippen molar-refractivity contribution in [2.45, 2.75) is 77.1 Å². The molecule has 1 aliphatic rings. The highest BCUT2D eigenvalue weighted by atomic mass is 16.7. The van der Waals surface area contributed by atoms with Crippen LogP contribution in [0.5, 0.6) is 0 Å². The normalized spacial score (nSPS) is 17.0. The number of esters is 1. The van der Waals surface area contributed by atoms with E-state index in [1.165, 1.54) is 0 Å². The van der Waals surface area contributed by atoms with Crippen molar-refractivity contribution in [3.8, 4) is 0 Å². The van der Waals surface area contributed by atoms with Gasteiger partial charge in [0.2, 0.25) is 0 Å². The topological polar surface area (TPSA) is 66.4 Å². The molecule has 0 N–H and O–H groups in total. The minimum absolute atomic E-state index is 0.226. The van der Waals surface area contributed by atoms with E-state index in [0.717, 1.165) is 36.0 Å². The van der Waals surface area contributed by atoms with Gasteiger partial charge in [-0.15, -0.1) is 0 Å². The lowest BCUT2D eigenvalue weighted by Gasteiger charge is -2.29. The highest BCUT2D eigenvalue weighted by molar-refractivity contribution is 6.13. The summed E-state index contributed by atoms with van der Waals surface area (Å²) in [6.45, 7) is 7.02. The van der Waals surface area contributed by atoms with Crippen molar-refractivity contribution in [3.05, 3.63) is 108 Å². The lowest BCUT2D eigenvalue weighted by Crippen LogP contribution is -2.41. The third kappa shape index (κ3) is 9.40. The second-order valence-corrected chi connectivity index (χ2v) is 11.0. The molecule has 0 radical (unpaired) electrons. The molecule has 40 heavy (non-hydrogen) atoms. The molecule has 1 heterocycles. The molecule has 0 aromatic heterocycles. The summed E-state index contributed by atoms with van der Waals surface area (Å²) in [5, 5.41) is 0. The van der Waals surface area contributed by atoms with Crippen molar-refractivity contribution in [2.24, 2.45) is 4.99 Å². The van der Waals surface area contributed by atoms with Gasteiger partial charge in [0.25, 0.3) is 0 Å². The number of nitrogens with zero attached hydrogens (tertiary/aromatic N) is 1. The molecule has 3 aromatic rings. The van der Waals surface area contributed by atoms with Crippen LogP contribution in [0.3, 0.4) is 0 Å². The van der Waals surface area contributed by atoms with Crippen molar-refractivity contribution in [3.63, 3.8) is 0 Å². The Hall–Kier alpha value is -3.32. The van der Waals surface area contributed by atoms with E-state index in [4.69, 9.17) is 23.9 Å². The Labute approximate surface area is 238 Å². The fourth-order valence-corrected chi connectivity index (χ4v) is 4.56. The number of carbonyl (C=O) groups is 1. The molecule has 0 spiro atoms. The Morgan fingerprint density at radius 2 is 1.50 bits per heavy atom. The number of carbonyl (C=O) groups excluding carboxylic acids is 1. The fourth-order valence-electron chi connectivity index (χ4n) is 4.56. The van der Waals surface area contributed by atoms with Gasteiger partial charge >= 0.3 is 5.97 Å². The van der Waals surface area contributed by atoms with Gasteiger partial charge in [-0.2, -0.15) is 0 Å². The van der Waals surface area contributed by atoms with Crippen LogP contribution in [0.25, 0.3) is 0 Å². The number of hydrogen-bond donors (Lipinski definition) is 0. The smallest absolute Gasteiger partial charge is 0.334 e. The number of rotatable bonds is 12. The summed E-state index contributed by atoms with van der Waals surface area (Å²) < 4.78 is 24.2. The van der Waals surface area contributed by atoms with Gasteiger partial charge in [0.15, 0.2) is 12.3 Å². The maximum Gasteiger partial charge on any atom is 0.334 e. The minimum Gasteiger partial charge on any atom is -0.458 e. The third-order valence-electron chi connectivity index (χ3n) is 6.51. The summed E-state index contributed by atoms with van der Waals surface area (Å²) in [6, 6.07) is 28.8. The number of ether oxygens (including phenoxy) is 4. The summed E-state index contributed by atoms with van der Waals surface area (Å²) >= 11 is 0. The largest absolute Gasteiger partial charge is 0.458 e. The maximum atomic E-state index is 13.8. The van der Waals surface area contributed by atoms with E-state index in [1.807, 2.05) is 112 Å². The summed E-state index contributed by atoms with van der Waals surface area (Å²) in [5.74, 6) is -0.427. The van der Waals surface area contributed by atoms with Gasteiger partial charge in [-0.05, 0) is 52.0 Å². The van der Waals surface area contributed by atoms with Gasteiger partial charge in [-0.25, -0.2) is 4.79 Å². The zero-order valence-corrected chi connectivity index (χ0v) is 23.8. The SMILES string of the molecule is CC(C)(C)OC(=O)C(N=C(c1ccccc1)c1ccccc1)C(CCOC1CCCCO1)OCc1ccccc1. The first-order chi connectivity index (χ1) is 19.4.